The summed E-state index contributed by atoms with van der Waals surface area (Å²) in [5.41, 5.74) is 1.03. The van der Waals surface area contributed by atoms with E-state index in [0.717, 1.165) is 30.6 Å². The van der Waals surface area contributed by atoms with Crippen molar-refractivity contribution in [1.29, 1.82) is 0 Å². The van der Waals surface area contributed by atoms with Crippen molar-refractivity contribution in [2.45, 2.75) is 39.5 Å². The Bertz CT molecular complexity index is 583. The summed E-state index contributed by atoms with van der Waals surface area (Å²) in [6, 6.07) is 5.75. The van der Waals surface area contributed by atoms with Gasteiger partial charge in [-0.05, 0) is 57.2 Å². The highest BCUT2D eigenvalue weighted by molar-refractivity contribution is 6.35. The van der Waals surface area contributed by atoms with Crippen LogP contribution in [0.2, 0.25) is 0 Å². The fraction of sp³-hybridized carbons (Fsp3) is 0.579. The minimum Gasteiger partial charge on any atom is -0.490 e. The van der Waals surface area contributed by atoms with Crippen LogP contribution in [-0.2, 0) is 16.0 Å². The number of amides is 2. The molecule has 1 heterocycles. The molecule has 138 valence electrons. The van der Waals surface area contributed by atoms with Crippen LogP contribution in [0.4, 0.5) is 0 Å². The Morgan fingerprint density at radius 1 is 1.04 bits per heavy atom. The van der Waals surface area contributed by atoms with E-state index in [2.05, 4.69) is 5.32 Å². The SMILES string of the molecule is CCOc1ccc(CCNC(=O)C(=O)N2CCCCC2)cc1OCC. The van der Waals surface area contributed by atoms with Crippen molar-refractivity contribution in [1.82, 2.24) is 10.2 Å². The van der Waals surface area contributed by atoms with Crippen LogP contribution in [0.1, 0.15) is 38.7 Å². The van der Waals surface area contributed by atoms with Gasteiger partial charge in [-0.2, -0.15) is 0 Å². The van der Waals surface area contributed by atoms with Gasteiger partial charge in [0.2, 0.25) is 0 Å². The number of carbonyl (C=O) groups excluding carboxylic acids is 2. The molecule has 0 bridgehead atoms. The van der Waals surface area contributed by atoms with E-state index >= 15 is 0 Å². The minimum atomic E-state index is -0.516. The average molecular weight is 348 g/mol. The third-order valence-electron chi connectivity index (χ3n) is 4.14. The smallest absolute Gasteiger partial charge is 0.311 e. The van der Waals surface area contributed by atoms with Gasteiger partial charge in [0.25, 0.3) is 0 Å². The van der Waals surface area contributed by atoms with Crippen LogP contribution in [0.3, 0.4) is 0 Å². The van der Waals surface area contributed by atoms with Crippen molar-refractivity contribution < 1.29 is 19.1 Å². The van der Waals surface area contributed by atoms with Gasteiger partial charge in [-0.3, -0.25) is 9.59 Å². The number of benzene rings is 1. The Morgan fingerprint density at radius 2 is 1.72 bits per heavy atom. The highest BCUT2D eigenvalue weighted by atomic mass is 16.5. The van der Waals surface area contributed by atoms with Crippen LogP contribution < -0.4 is 14.8 Å². The summed E-state index contributed by atoms with van der Waals surface area (Å²) in [5.74, 6) is 0.495. The molecular weight excluding hydrogens is 320 g/mol. The second-order valence-corrected chi connectivity index (χ2v) is 6.01. The first-order chi connectivity index (χ1) is 12.2. The summed E-state index contributed by atoms with van der Waals surface area (Å²) in [6.45, 7) is 6.77. The number of likely N-dealkylation sites (tertiary alicyclic amines) is 1. The lowest BCUT2D eigenvalue weighted by atomic mass is 10.1. The first-order valence-electron chi connectivity index (χ1n) is 9.11. The van der Waals surface area contributed by atoms with E-state index in [9.17, 15) is 9.59 Å². The van der Waals surface area contributed by atoms with Gasteiger partial charge in [0.1, 0.15) is 0 Å². The molecule has 0 saturated carbocycles. The molecule has 0 unspecified atom stereocenters. The van der Waals surface area contributed by atoms with Crippen LogP contribution in [0.25, 0.3) is 0 Å². The molecule has 1 N–H and O–H groups in total. The van der Waals surface area contributed by atoms with Gasteiger partial charge in [0.15, 0.2) is 11.5 Å². The molecule has 1 aromatic carbocycles. The van der Waals surface area contributed by atoms with E-state index in [4.69, 9.17) is 9.47 Å². The molecule has 2 amide bonds. The summed E-state index contributed by atoms with van der Waals surface area (Å²) in [4.78, 5) is 25.7. The fourth-order valence-corrected chi connectivity index (χ4v) is 2.89. The average Bonchev–Trinajstić information content (AvgIpc) is 2.64. The van der Waals surface area contributed by atoms with Gasteiger partial charge in [0, 0.05) is 19.6 Å². The normalized spacial score (nSPS) is 14.1. The lowest BCUT2D eigenvalue weighted by molar-refractivity contribution is -0.146. The van der Waals surface area contributed by atoms with Crippen molar-refractivity contribution in [3.63, 3.8) is 0 Å². The zero-order valence-corrected chi connectivity index (χ0v) is 15.2. The molecule has 1 saturated heterocycles. The van der Waals surface area contributed by atoms with Crippen LogP contribution in [0.5, 0.6) is 11.5 Å². The number of nitrogens with zero attached hydrogens (tertiary/aromatic N) is 1. The number of rotatable bonds is 7. The molecule has 1 aliphatic rings. The quantitative estimate of drug-likeness (QED) is 0.767. The second kappa shape index (κ2) is 9.91. The minimum absolute atomic E-state index is 0.415. The number of carbonyl (C=O) groups is 2. The standard InChI is InChI=1S/C19H28N2O4/c1-3-24-16-9-8-15(14-17(16)25-4-2)10-11-20-18(22)19(23)21-12-6-5-7-13-21/h8-9,14H,3-7,10-13H2,1-2H3,(H,20,22). The lowest BCUT2D eigenvalue weighted by Crippen LogP contribution is -2.45. The zero-order chi connectivity index (χ0) is 18.1. The second-order valence-electron chi connectivity index (χ2n) is 6.01. The van der Waals surface area contributed by atoms with Crippen molar-refractivity contribution in [2.75, 3.05) is 32.8 Å². The molecule has 0 aliphatic carbocycles. The van der Waals surface area contributed by atoms with Crippen LogP contribution in [0, 0.1) is 0 Å². The summed E-state index contributed by atoms with van der Waals surface area (Å²) in [6.07, 6.45) is 3.72. The number of nitrogens with one attached hydrogen (secondary N) is 1. The maximum atomic E-state index is 12.1. The van der Waals surface area contributed by atoms with Crippen LogP contribution in [0.15, 0.2) is 18.2 Å². The molecular formula is C19H28N2O4. The maximum Gasteiger partial charge on any atom is 0.311 e. The molecule has 6 nitrogen and oxygen atoms in total. The summed E-state index contributed by atoms with van der Waals surface area (Å²) in [7, 11) is 0. The number of hydrogen-bond donors (Lipinski definition) is 1. The third kappa shape index (κ3) is 5.66. The van der Waals surface area contributed by atoms with Gasteiger partial charge >= 0.3 is 11.8 Å². The first-order valence-corrected chi connectivity index (χ1v) is 9.11. The van der Waals surface area contributed by atoms with Gasteiger partial charge < -0.3 is 19.7 Å². The van der Waals surface area contributed by atoms with Crippen LogP contribution >= 0.6 is 0 Å². The number of hydrogen-bond acceptors (Lipinski definition) is 4. The Morgan fingerprint density at radius 3 is 2.40 bits per heavy atom. The molecule has 25 heavy (non-hydrogen) atoms. The first kappa shape index (κ1) is 19.1. The lowest BCUT2D eigenvalue weighted by Gasteiger charge is -2.25. The topological polar surface area (TPSA) is 67.9 Å². The largest absolute Gasteiger partial charge is 0.490 e. The van der Waals surface area contributed by atoms with E-state index in [1.54, 1.807) is 4.90 Å². The number of piperidine rings is 1. The predicted molar refractivity (Wildman–Crippen MR) is 95.9 cm³/mol. The molecule has 1 aliphatic heterocycles. The van der Waals surface area contributed by atoms with Crippen molar-refractivity contribution in [3.05, 3.63) is 23.8 Å². The summed E-state index contributed by atoms with van der Waals surface area (Å²) < 4.78 is 11.1. The molecule has 1 aromatic rings. The van der Waals surface area contributed by atoms with Gasteiger partial charge in [-0.1, -0.05) is 6.07 Å². The van der Waals surface area contributed by atoms with Crippen LogP contribution in [-0.4, -0.2) is 49.6 Å². The Labute approximate surface area is 149 Å². The highest BCUT2D eigenvalue weighted by Gasteiger charge is 2.22. The molecule has 0 spiro atoms. The zero-order valence-electron chi connectivity index (χ0n) is 15.2. The van der Waals surface area contributed by atoms with Gasteiger partial charge in [-0.25, -0.2) is 0 Å². The molecule has 0 atom stereocenters. The molecule has 0 aromatic heterocycles. The van der Waals surface area contributed by atoms with Gasteiger partial charge in [0.05, 0.1) is 13.2 Å². The Hall–Kier alpha value is -2.24. The summed E-state index contributed by atoms with van der Waals surface area (Å²) >= 11 is 0. The van der Waals surface area contributed by atoms with Gasteiger partial charge in [-0.15, -0.1) is 0 Å². The van der Waals surface area contributed by atoms with E-state index in [0.29, 0.717) is 45.0 Å². The molecule has 2 rings (SSSR count). The van der Waals surface area contributed by atoms with Crippen molar-refractivity contribution in [2.24, 2.45) is 0 Å². The van der Waals surface area contributed by atoms with Crippen molar-refractivity contribution in [3.8, 4) is 11.5 Å². The monoisotopic (exact) mass is 348 g/mol. The number of ether oxygens (including phenoxy) is 2. The Kier molecular flexibility index (Phi) is 7.57. The molecule has 0 radical (unpaired) electrons. The maximum absolute atomic E-state index is 12.1. The fourth-order valence-electron chi connectivity index (χ4n) is 2.89. The Balaban J connectivity index is 1.85. The molecule has 1 fully saturated rings. The summed E-state index contributed by atoms with van der Waals surface area (Å²) in [5, 5.41) is 2.72. The van der Waals surface area contributed by atoms with E-state index in [1.165, 1.54) is 0 Å². The van der Waals surface area contributed by atoms with E-state index < -0.39 is 11.8 Å². The third-order valence-corrected chi connectivity index (χ3v) is 4.14. The van der Waals surface area contributed by atoms with E-state index in [1.807, 2.05) is 32.0 Å². The molecule has 6 heteroatoms. The highest BCUT2D eigenvalue weighted by Crippen LogP contribution is 2.28. The van der Waals surface area contributed by atoms with E-state index in [-0.39, 0.29) is 0 Å². The predicted octanol–water partition coefficient (Wildman–Crippen LogP) is 2.16. The van der Waals surface area contributed by atoms with Crippen molar-refractivity contribution >= 4 is 11.8 Å².